The molecule has 0 bridgehead atoms. The lowest BCUT2D eigenvalue weighted by Crippen LogP contribution is -2.09. The quantitative estimate of drug-likeness (QED) is 0.832. The summed E-state index contributed by atoms with van der Waals surface area (Å²) in [6, 6.07) is 6.46. The SMILES string of the molecule is N#CC[C@@H](N)c1cc(O)ccc1Br. The minimum atomic E-state index is -0.355. The molecule has 1 aromatic carbocycles. The smallest absolute Gasteiger partial charge is 0.115 e. The van der Waals surface area contributed by atoms with Crippen LogP contribution in [0.25, 0.3) is 0 Å². The van der Waals surface area contributed by atoms with Crippen LogP contribution in [0.15, 0.2) is 22.7 Å². The van der Waals surface area contributed by atoms with Crippen molar-refractivity contribution < 1.29 is 5.11 Å². The van der Waals surface area contributed by atoms with Gasteiger partial charge in [-0.3, -0.25) is 0 Å². The molecule has 0 unspecified atom stereocenters. The van der Waals surface area contributed by atoms with Crippen molar-refractivity contribution >= 4 is 15.9 Å². The molecule has 0 saturated carbocycles. The highest BCUT2D eigenvalue weighted by Crippen LogP contribution is 2.27. The molecular weight excluding hydrogens is 232 g/mol. The lowest BCUT2D eigenvalue weighted by Gasteiger charge is -2.10. The van der Waals surface area contributed by atoms with Gasteiger partial charge in [-0.05, 0) is 23.8 Å². The van der Waals surface area contributed by atoms with Crippen LogP contribution in [0.5, 0.6) is 5.75 Å². The minimum Gasteiger partial charge on any atom is -0.508 e. The van der Waals surface area contributed by atoms with Crippen LogP contribution in [0.4, 0.5) is 0 Å². The van der Waals surface area contributed by atoms with Crippen LogP contribution in [0, 0.1) is 11.3 Å². The van der Waals surface area contributed by atoms with Gasteiger partial charge in [0, 0.05) is 10.5 Å². The number of hydrogen-bond acceptors (Lipinski definition) is 3. The van der Waals surface area contributed by atoms with E-state index in [1.54, 1.807) is 18.2 Å². The van der Waals surface area contributed by atoms with E-state index in [0.717, 1.165) is 10.0 Å². The number of nitrogens with zero attached hydrogens (tertiary/aromatic N) is 1. The normalized spacial score (nSPS) is 12.1. The van der Waals surface area contributed by atoms with E-state index in [-0.39, 0.29) is 18.2 Å². The Kier molecular flexibility index (Phi) is 3.29. The van der Waals surface area contributed by atoms with E-state index in [1.807, 2.05) is 6.07 Å². The predicted molar refractivity (Wildman–Crippen MR) is 53.0 cm³/mol. The summed E-state index contributed by atoms with van der Waals surface area (Å²) in [5, 5.41) is 17.6. The minimum absolute atomic E-state index is 0.159. The molecule has 1 atom stereocenters. The largest absolute Gasteiger partial charge is 0.508 e. The number of halogens is 1. The first-order valence-corrected chi connectivity index (χ1v) is 4.55. The van der Waals surface area contributed by atoms with Gasteiger partial charge >= 0.3 is 0 Å². The number of rotatable bonds is 2. The van der Waals surface area contributed by atoms with Crippen molar-refractivity contribution in [1.82, 2.24) is 0 Å². The van der Waals surface area contributed by atoms with Crippen molar-refractivity contribution in [2.45, 2.75) is 12.5 Å². The van der Waals surface area contributed by atoms with E-state index in [1.165, 1.54) is 0 Å². The van der Waals surface area contributed by atoms with Crippen LogP contribution in [0.1, 0.15) is 18.0 Å². The lowest BCUT2D eigenvalue weighted by atomic mass is 10.1. The van der Waals surface area contributed by atoms with Gasteiger partial charge in [0.05, 0.1) is 12.5 Å². The summed E-state index contributed by atoms with van der Waals surface area (Å²) in [4.78, 5) is 0. The molecule has 68 valence electrons. The van der Waals surface area contributed by atoms with E-state index >= 15 is 0 Å². The average Bonchev–Trinajstić information content (AvgIpc) is 2.09. The van der Waals surface area contributed by atoms with E-state index < -0.39 is 0 Å². The van der Waals surface area contributed by atoms with Crippen LogP contribution in [-0.4, -0.2) is 5.11 Å². The highest BCUT2D eigenvalue weighted by atomic mass is 79.9. The number of benzene rings is 1. The maximum atomic E-state index is 9.20. The summed E-state index contributed by atoms with van der Waals surface area (Å²) in [7, 11) is 0. The van der Waals surface area contributed by atoms with Crippen molar-refractivity contribution in [2.24, 2.45) is 5.73 Å². The molecule has 3 N–H and O–H groups in total. The van der Waals surface area contributed by atoms with Crippen LogP contribution >= 0.6 is 15.9 Å². The molecule has 13 heavy (non-hydrogen) atoms. The zero-order chi connectivity index (χ0) is 9.84. The molecule has 0 spiro atoms. The Morgan fingerprint density at radius 1 is 1.62 bits per heavy atom. The number of phenols is 1. The molecule has 0 aliphatic rings. The Bertz CT molecular complexity index is 346. The number of phenolic OH excluding ortho intramolecular Hbond substituents is 1. The third-order valence-electron chi connectivity index (χ3n) is 1.69. The fourth-order valence-electron chi connectivity index (χ4n) is 1.02. The van der Waals surface area contributed by atoms with Crippen molar-refractivity contribution in [3.63, 3.8) is 0 Å². The molecule has 0 amide bonds. The molecule has 0 heterocycles. The zero-order valence-electron chi connectivity index (χ0n) is 6.87. The highest BCUT2D eigenvalue weighted by molar-refractivity contribution is 9.10. The van der Waals surface area contributed by atoms with Crippen LogP contribution in [-0.2, 0) is 0 Å². The van der Waals surface area contributed by atoms with Gasteiger partial charge in [-0.25, -0.2) is 0 Å². The van der Waals surface area contributed by atoms with Gasteiger partial charge in [-0.2, -0.15) is 5.26 Å². The maximum absolute atomic E-state index is 9.20. The van der Waals surface area contributed by atoms with Gasteiger partial charge in [0.1, 0.15) is 5.75 Å². The van der Waals surface area contributed by atoms with Crippen molar-refractivity contribution in [2.75, 3.05) is 0 Å². The van der Waals surface area contributed by atoms with E-state index in [2.05, 4.69) is 15.9 Å². The predicted octanol–water partition coefficient (Wildman–Crippen LogP) is 2.07. The highest BCUT2D eigenvalue weighted by Gasteiger charge is 2.09. The van der Waals surface area contributed by atoms with Gasteiger partial charge in [-0.15, -0.1) is 0 Å². The maximum Gasteiger partial charge on any atom is 0.115 e. The standard InChI is InChI=1S/C9H9BrN2O/c10-8-2-1-6(13)5-7(8)9(12)3-4-11/h1-2,5,9,13H,3,12H2/t9-/m1/s1. The molecule has 1 aromatic rings. The third-order valence-corrected chi connectivity index (χ3v) is 2.41. The zero-order valence-corrected chi connectivity index (χ0v) is 8.45. The molecule has 0 aliphatic heterocycles. The summed E-state index contributed by atoms with van der Waals surface area (Å²) in [6.07, 6.45) is 0.238. The lowest BCUT2D eigenvalue weighted by molar-refractivity contribution is 0.473. The van der Waals surface area contributed by atoms with Gasteiger partial charge in [0.15, 0.2) is 0 Å². The molecular formula is C9H9BrN2O. The molecule has 0 saturated heterocycles. The average molecular weight is 241 g/mol. The summed E-state index contributed by atoms with van der Waals surface area (Å²) in [5.41, 5.74) is 6.46. The number of hydrogen-bond donors (Lipinski definition) is 2. The summed E-state index contributed by atoms with van der Waals surface area (Å²) in [6.45, 7) is 0. The monoisotopic (exact) mass is 240 g/mol. The topological polar surface area (TPSA) is 70.0 Å². The Labute approximate surface area is 84.9 Å². The summed E-state index contributed by atoms with van der Waals surface area (Å²) < 4.78 is 0.813. The second-order valence-corrected chi connectivity index (χ2v) is 3.53. The van der Waals surface area contributed by atoms with Crippen molar-refractivity contribution in [1.29, 1.82) is 5.26 Å². The molecule has 0 fully saturated rings. The van der Waals surface area contributed by atoms with E-state index in [9.17, 15) is 5.11 Å². The van der Waals surface area contributed by atoms with E-state index in [4.69, 9.17) is 11.0 Å². The second kappa shape index (κ2) is 4.26. The van der Waals surface area contributed by atoms with Gasteiger partial charge in [0.25, 0.3) is 0 Å². The number of nitrogens with two attached hydrogens (primary N) is 1. The van der Waals surface area contributed by atoms with Crippen molar-refractivity contribution in [3.8, 4) is 11.8 Å². The molecule has 1 rings (SSSR count). The fraction of sp³-hybridized carbons (Fsp3) is 0.222. The third kappa shape index (κ3) is 2.44. The second-order valence-electron chi connectivity index (χ2n) is 2.67. The summed E-state index contributed by atoms with van der Waals surface area (Å²) >= 11 is 3.30. The molecule has 0 radical (unpaired) electrons. The summed E-state index contributed by atoms with van der Waals surface area (Å²) in [5.74, 6) is 0.159. The first kappa shape index (κ1) is 10.0. The van der Waals surface area contributed by atoms with E-state index in [0.29, 0.717) is 0 Å². The van der Waals surface area contributed by atoms with Crippen LogP contribution < -0.4 is 5.73 Å². The molecule has 0 aromatic heterocycles. The number of nitriles is 1. The first-order chi connectivity index (χ1) is 6.15. The van der Waals surface area contributed by atoms with Gasteiger partial charge in [0.2, 0.25) is 0 Å². The van der Waals surface area contributed by atoms with Gasteiger partial charge < -0.3 is 10.8 Å². The molecule has 0 aliphatic carbocycles. The molecule has 3 nitrogen and oxygen atoms in total. The van der Waals surface area contributed by atoms with Gasteiger partial charge in [-0.1, -0.05) is 15.9 Å². The van der Waals surface area contributed by atoms with Crippen LogP contribution in [0.3, 0.4) is 0 Å². The Morgan fingerprint density at radius 3 is 2.92 bits per heavy atom. The Hall–Kier alpha value is -1.05. The van der Waals surface area contributed by atoms with Crippen LogP contribution in [0.2, 0.25) is 0 Å². The Morgan fingerprint density at radius 2 is 2.31 bits per heavy atom. The fourth-order valence-corrected chi connectivity index (χ4v) is 1.56. The Balaban J connectivity index is 3.00. The number of aromatic hydroxyl groups is 1. The molecule has 4 heteroatoms. The van der Waals surface area contributed by atoms with Crippen molar-refractivity contribution in [3.05, 3.63) is 28.2 Å². The first-order valence-electron chi connectivity index (χ1n) is 3.76.